The van der Waals surface area contributed by atoms with Gasteiger partial charge in [-0.2, -0.15) is 0 Å². The van der Waals surface area contributed by atoms with Gasteiger partial charge >= 0.3 is 6.03 Å². The molecule has 4 heteroatoms. The minimum Gasteiger partial charge on any atom is -0.492 e. The number of ether oxygens (including phenoxy) is 1. The lowest BCUT2D eigenvalue weighted by Crippen LogP contribution is -2.50. The van der Waals surface area contributed by atoms with Gasteiger partial charge in [-0.1, -0.05) is 35.9 Å². The molecule has 2 aliphatic heterocycles. The molecule has 0 bridgehead atoms. The molecule has 4 nitrogen and oxygen atoms in total. The first-order valence-corrected chi connectivity index (χ1v) is 8.51. The number of hydrogen-bond acceptors (Lipinski definition) is 2. The van der Waals surface area contributed by atoms with Crippen LogP contribution in [0.1, 0.15) is 42.1 Å². The van der Waals surface area contributed by atoms with Crippen molar-refractivity contribution >= 4 is 11.7 Å². The molecule has 0 spiro atoms. The Hall–Kier alpha value is -2.49. The smallest absolute Gasteiger partial charge is 0.322 e. The molecule has 1 N–H and O–H groups in total. The van der Waals surface area contributed by atoms with Crippen molar-refractivity contribution in [2.75, 3.05) is 11.5 Å². The van der Waals surface area contributed by atoms with Crippen LogP contribution in [0.25, 0.3) is 0 Å². The average Bonchev–Trinajstić information content (AvgIpc) is 3.02. The van der Waals surface area contributed by atoms with Gasteiger partial charge in [-0.3, -0.25) is 4.90 Å². The summed E-state index contributed by atoms with van der Waals surface area (Å²) in [6, 6.07) is 12.4. The van der Waals surface area contributed by atoms with Crippen molar-refractivity contribution in [2.24, 2.45) is 0 Å². The van der Waals surface area contributed by atoms with E-state index < -0.39 is 0 Å². The molecule has 124 valence electrons. The Morgan fingerprint density at radius 3 is 2.62 bits per heavy atom. The van der Waals surface area contributed by atoms with Gasteiger partial charge in [0.25, 0.3) is 0 Å². The maximum Gasteiger partial charge on any atom is 0.322 e. The van der Waals surface area contributed by atoms with Gasteiger partial charge in [-0.15, -0.1) is 0 Å². The SMILES string of the molecule is Cc1ccc(C2NC(=O)N(C(C)C)c3ccc4c(c32)OCC4)cc1. The van der Waals surface area contributed by atoms with E-state index in [2.05, 4.69) is 48.6 Å². The fraction of sp³-hybridized carbons (Fsp3) is 0.350. The number of nitrogens with one attached hydrogen (secondary N) is 1. The normalized spacial score (nSPS) is 18.9. The minimum atomic E-state index is -0.170. The summed E-state index contributed by atoms with van der Waals surface area (Å²) in [6.45, 7) is 6.84. The van der Waals surface area contributed by atoms with Gasteiger partial charge in [0, 0.05) is 18.0 Å². The Morgan fingerprint density at radius 1 is 1.17 bits per heavy atom. The molecule has 0 radical (unpaired) electrons. The number of benzene rings is 2. The second-order valence-corrected chi connectivity index (χ2v) is 6.84. The molecule has 0 fully saturated rings. The third-order valence-corrected chi connectivity index (χ3v) is 4.83. The molecule has 2 aliphatic rings. The van der Waals surface area contributed by atoms with Crippen molar-refractivity contribution < 1.29 is 9.53 Å². The van der Waals surface area contributed by atoms with E-state index in [0.717, 1.165) is 29.0 Å². The van der Waals surface area contributed by atoms with Gasteiger partial charge in [-0.05, 0) is 38.0 Å². The van der Waals surface area contributed by atoms with Crippen LogP contribution >= 0.6 is 0 Å². The summed E-state index contributed by atoms with van der Waals surface area (Å²) in [6.07, 6.45) is 0.929. The minimum absolute atomic E-state index is 0.0546. The first-order valence-electron chi connectivity index (χ1n) is 8.51. The molecule has 2 aromatic carbocycles. The summed E-state index contributed by atoms with van der Waals surface area (Å²) >= 11 is 0. The highest BCUT2D eigenvalue weighted by Gasteiger charge is 2.37. The number of rotatable bonds is 2. The second kappa shape index (κ2) is 5.55. The first kappa shape index (κ1) is 15.1. The molecule has 0 saturated carbocycles. The predicted octanol–water partition coefficient (Wildman–Crippen LogP) is 3.96. The van der Waals surface area contributed by atoms with Crippen molar-refractivity contribution in [3.05, 3.63) is 58.7 Å². The molecule has 0 saturated heterocycles. The highest BCUT2D eigenvalue weighted by atomic mass is 16.5. The van der Waals surface area contributed by atoms with Crippen molar-refractivity contribution in [3.8, 4) is 5.75 Å². The number of carbonyl (C=O) groups excluding carboxylic acids is 1. The summed E-state index contributed by atoms with van der Waals surface area (Å²) in [5, 5.41) is 3.18. The Bertz CT molecular complexity index is 796. The van der Waals surface area contributed by atoms with Crippen LogP contribution in [-0.4, -0.2) is 18.7 Å². The third kappa shape index (κ3) is 2.25. The third-order valence-electron chi connectivity index (χ3n) is 4.83. The Labute approximate surface area is 142 Å². The summed E-state index contributed by atoms with van der Waals surface area (Å²) in [5.74, 6) is 0.948. The van der Waals surface area contributed by atoms with Crippen molar-refractivity contribution in [3.63, 3.8) is 0 Å². The molecule has 1 atom stereocenters. The zero-order valence-corrected chi connectivity index (χ0v) is 14.3. The van der Waals surface area contributed by atoms with E-state index in [9.17, 15) is 4.79 Å². The second-order valence-electron chi connectivity index (χ2n) is 6.84. The van der Waals surface area contributed by atoms with E-state index >= 15 is 0 Å². The quantitative estimate of drug-likeness (QED) is 0.909. The van der Waals surface area contributed by atoms with Crippen molar-refractivity contribution in [1.29, 1.82) is 0 Å². The molecular formula is C20H22N2O2. The van der Waals surface area contributed by atoms with Crippen LogP contribution in [0.3, 0.4) is 0 Å². The fourth-order valence-corrected chi connectivity index (χ4v) is 3.65. The number of carbonyl (C=O) groups is 1. The largest absolute Gasteiger partial charge is 0.492 e. The van der Waals surface area contributed by atoms with Gasteiger partial charge in [0.05, 0.1) is 18.3 Å². The summed E-state index contributed by atoms with van der Waals surface area (Å²) in [7, 11) is 0. The van der Waals surface area contributed by atoms with Crippen LogP contribution in [-0.2, 0) is 6.42 Å². The maximum absolute atomic E-state index is 12.7. The average molecular weight is 322 g/mol. The van der Waals surface area contributed by atoms with Gasteiger partial charge in [0.15, 0.2) is 0 Å². The number of fused-ring (bicyclic) bond motifs is 3. The number of urea groups is 1. The van der Waals surface area contributed by atoms with E-state index in [1.807, 2.05) is 18.7 Å². The Kier molecular flexibility index (Phi) is 3.48. The fourth-order valence-electron chi connectivity index (χ4n) is 3.65. The Morgan fingerprint density at radius 2 is 1.92 bits per heavy atom. The number of aryl methyl sites for hydroxylation is 1. The van der Waals surface area contributed by atoms with E-state index in [1.54, 1.807) is 0 Å². The number of hydrogen-bond donors (Lipinski definition) is 1. The van der Waals surface area contributed by atoms with E-state index in [-0.39, 0.29) is 18.1 Å². The van der Waals surface area contributed by atoms with Gasteiger partial charge in [0.2, 0.25) is 0 Å². The van der Waals surface area contributed by atoms with Crippen molar-refractivity contribution in [1.82, 2.24) is 5.32 Å². The van der Waals surface area contributed by atoms with E-state index in [4.69, 9.17) is 4.74 Å². The topological polar surface area (TPSA) is 41.6 Å². The van der Waals surface area contributed by atoms with Gasteiger partial charge < -0.3 is 10.1 Å². The molecular weight excluding hydrogens is 300 g/mol. The lowest BCUT2D eigenvalue weighted by atomic mass is 9.91. The van der Waals surface area contributed by atoms with Crippen LogP contribution in [0, 0.1) is 6.92 Å². The molecule has 2 heterocycles. The lowest BCUT2D eigenvalue weighted by Gasteiger charge is -2.38. The predicted molar refractivity (Wildman–Crippen MR) is 94.8 cm³/mol. The molecule has 24 heavy (non-hydrogen) atoms. The van der Waals surface area contributed by atoms with Crippen LogP contribution in [0.4, 0.5) is 10.5 Å². The van der Waals surface area contributed by atoms with E-state index in [0.29, 0.717) is 6.61 Å². The molecule has 4 rings (SSSR count). The summed E-state index contributed by atoms with van der Waals surface area (Å²) in [4.78, 5) is 14.5. The first-order chi connectivity index (χ1) is 11.6. The lowest BCUT2D eigenvalue weighted by molar-refractivity contribution is 0.240. The summed E-state index contributed by atoms with van der Waals surface area (Å²) < 4.78 is 5.96. The van der Waals surface area contributed by atoms with Gasteiger partial charge in [0.1, 0.15) is 5.75 Å². The number of anilines is 1. The van der Waals surface area contributed by atoms with Crippen LogP contribution in [0.2, 0.25) is 0 Å². The number of nitrogens with zero attached hydrogens (tertiary/aromatic N) is 1. The molecule has 1 unspecified atom stereocenters. The molecule has 2 aromatic rings. The Balaban J connectivity index is 1.92. The van der Waals surface area contributed by atoms with Crippen LogP contribution < -0.4 is 15.0 Å². The molecule has 0 aromatic heterocycles. The zero-order chi connectivity index (χ0) is 16.8. The zero-order valence-electron chi connectivity index (χ0n) is 14.3. The van der Waals surface area contributed by atoms with Crippen molar-refractivity contribution in [2.45, 2.75) is 39.3 Å². The maximum atomic E-state index is 12.7. The highest BCUT2D eigenvalue weighted by Crippen LogP contribution is 2.45. The van der Waals surface area contributed by atoms with E-state index in [1.165, 1.54) is 11.1 Å². The van der Waals surface area contributed by atoms with Gasteiger partial charge in [-0.25, -0.2) is 4.79 Å². The summed E-state index contributed by atoms with van der Waals surface area (Å²) in [5.41, 5.74) is 5.56. The molecule has 0 aliphatic carbocycles. The van der Waals surface area contributed by atoms with Crippen LogP contribution in [0.15, 0.2) is 36.4 Å². The highest BCUT2D eigenvalue weighted by molar-refractivity contribution is 5.97. The van der Waals surface area contributed by atoms with Crippen LogP contribution in [0.5, 0.6) is 5.75 Å². The molecule has 2 amide bonds. The standard InChI is InChI=1S/C20H22N2O2/c1-12(2)22-16-9-8-15-10-11-24-19(15)17(16)18(21-20(22)23)14-6-4-13(3)5-7-14/h4-9,12,18H,10-11H2,1-3H3,(H,21,23). The number of amides is 2. The monoisotopic (exact) mass is 322 g/mol.